The molecule has 0 spiro atoms. The number of hydrogen-bond donors (Lipinski definition) is 2. The summed E-state index contributed by atoms with van der Waals surface area (Å²) in [7, 11) is 1.61. The van der Waals surface area contributed by atoms with Crippen molar-refractivity contribution in [1.82, 2.24) is 10.2 Å². The van der Waals surface area contributed by atoms with E-state index >= 15 is 0 Å². The molecule has 5 heteroatoms. The summed E-state index contributed by atoms with van der Waals surface area (Å²) in [6, 6.07) is -0.406. The van der Waals surface area contributed by atoms with Crippen LogP contribution >= 0.6 is 0 Å². The summed E-state index contributed by atoms with van der Waals surface area (Å²) >= 11 is 0. The number of aliphatic carboxylic acids is 1. The zero-order valence-corrected chi connectivity index (χ0v) is 8.20. The largest absolute Gasteiger partial charge is 0.480 e. The second-order valence-electron chi connectivity index (χ2n) is 2.88. The lowest BCUT2D eigenvalue weighted by molar-refractivity contribution is -0.139. The molecule has 1 unspecified atom stereocenters. The van der Waals surface area contributed by atoms with Crippen LogP contribution in [-0.2, 0) is 9.59 Å². The summed E-state index contributed by atoms with van der Waals surface area (Å²) in [5.41, 5.74) is 0. The lowest BCUT2D eigenvalue weighted by Crippen LogP contribution is -2.44. The molecule has 0 rings (SSSR count). The highest BCUT2D eigenvalue weighted by atomic mass is 16.4. The number of carboxylic acid groups (broad SMARTS) is 1. The molecule has 0 aromatic heterocycles. The van der Waals surface area contributed by atoms with Gasteiger partial charge in [0.1, 0.15) is 0 Å². The minimum atomic E-state index is -0.932. The number of rotatable bonds is 5. The Hall–Kier alpha value is -1.10. The van der Waals surface area contributed by atoms with Crippen LogP contribution in [-0.4, -0.2) is 48.1 Å². The second-order valence-corrected chi connectivity index (χ2v) is 2.88. The predicted molar refractivity (Wildman–Crippen MR) is 48.4 cm³/mol. The van der Waals surface area contributed by atoms with E-state index in [-0.39, 0.29) is 12.5 Å². The van der Waals surface area contributed by atoms with Crippen LogP contribution in [0.2, 0.25) is 0 Å². The van der Waals surface area contributed by atoms with Crippen LogP contribution in [0.4, 0.5) is 0 Å². The molecule has 0 fully saturated rings. The molecule has 0 aromatic rings. The van der Waals surface area contributed by atoms with Crippen LogP contribution in [0, 0.1) is 0 Å². The van der Waals surface area contributed by atoms with Gasteiger partial charge in [-0.2, -0.15) is 0 Å². The molecular weight excluding hydrogens is 172 g/mol. The van der Waals surface area contributed by atoms with Gasteiger partial charge in [-0.3, -0.25) is 14.5 Å². The van der Waals surface area contributed by atoms with Gasteiger partial charge in [-0.05, 0) is 20.9 Å². The van der Waals surface area contributed by atoms with Crippen molar-refractivity contribution >= 4 is 11.9 Å². The number of likely N-dealkylation sites (N-methyl/N-ethyl adjacent to an activating group) is 2. The quantitative estimate of drug-likeness (QED) is 0.612. The average molecular weight is 188 g/mol. The first-order valence-electron chi connectivity index (χ1n) is 4.18. The van der Waals surface area contributed by atoms with Crippen LogP contribution in [0.25, 0.3) is 0 Å². The summed E-state index contributed by atoms with van der Waals surface area (Å²) < 4.78 is 0. The molecule has 0 aromatic carbocycles. The fourth-order valence-electron chi connectivity index (χ4n) is 0.872. The molecule has 5 nitrogen and oxygen atoms in total. The van der Waals surface area contributed by atoms with Gasteiger partial charge in [0.05, 0.1) is 12.6 Å². The standard InChI is InChI=1S/C8H16N2O3/c1-4-9-8(13)6(2)10(3)5-7(11)12/h6H,4-5H2,1-3H3,(H,9,13)(H,11,12). The molecule has 0 saturated heterocycles. The Labute approximate surface area is 77.7 Å². The second kappa shape index (κ2) is 5.53. The van der Waals surface area contributed by atoms with E-state index < -0.39 is 12.0 Å². The van der Waals surface area contributed by atoms with Crippen molar-refractivity contribution in [3.63, 3.8) is 0 Å². The number of carbonyl (C=O) groups is 2. The molecule has 1 atom stereocenters. The highest BCUT2D eigenvalue weighted by Gasteiger charge is 2.18. The fourth-order valence-corrected chi connectivity index (χ4v) is 0.872. The molecule has 0 aliphatic heterocycles. The summed E-state index contributed by atoms with van der Waals surface area (Å²) in [4.78, 5) is 23.0. The van der Waals surface area contributed by atoms with Gasteiger partial charge in [0.2, 0.25) is 5.91 Å². The van der Waals surface area contributed by atoms with Crippen LogP contribution in [0.1, 0.15) is 13.8 Å². The van der Waals surface area contributed by atoms with Crippen molar-refractivity contribution in [2.24, 2.45) is 0 Å². The maximum Gasteiger partial charge on any atom is 0.317 e. The van der Waals surface area contributed by atoms with E-state index in [1.807, 2.05) is 6.92 Å². The molecule has 0 saturated carbocycles. The number of nitrogens with one attached hydrogen (secondary N) is 1. The van der Waals surface area contributed by atoms with E-state index in [1.54, 1.807) is 14.0 Å². The first-order chi connectivity index (χ1) is 5.99. The van der Waals surface area contributed by atoms with E-state index in [2.05, 4.69) is 5.32 Å². The minimum absolute atomic E-state index is 0.127. The zero-order valence-electron chi connectivity index (χ0n) is 8.20. The molecule has 1 amide bonds. The maximum atomic E-state index is 11.2. The molecule has 0 aliphatic rings. The van der Waals surface area contributed by atoms with Crippen LogP contribution in [0.15, 0.2) is 0 Å². The third kappa shape index (κ3) is 4.47. The lowest BCUT2D eigenvalue weighted by Gasteiger charge is -2.21. The van der Waals surface area contributed by atoms with Crippen molar-refractivity contribution in [2.45, 2.75) is 19.9 Å². The van der Waals surface area contributed by atoms with Gasteiger partial charge in [-0.1, -0.05) is 0 Å². The molecular formula is C8H16N2O3. The van der Waals surface area contributed by atoms with Crippen LogP contribution < -0.4 is 5.32 Å². The third-order valence-corrected chi connectivity index (χ3v) is 1.78. The summed E-state index contributed by atoms with van der Waals surface area (Å²) in [6.07, 6.45) is 0. The molecule has 0 aliphatic carbocycles. The highest BCUT2D eigenvalue weighted by Crippen LogP contribution is 1.94. The Balaban J connectivity index is 4.00. The Bertz CT molecular complexity index is 194. The lowest BCUT2D eigenvalue weighted by atomic mass is 10.3. The number of nitrogens with zero attached hydrogens (tertiary/aromatic N) is 1. The Morgan fingerprint density at radius 2 is 2.08 bits per heavy atom. The number of hydrogen-bond acceptors (Lipinski definition) is 3. The van der Waals surface area contributed by atoms with E-state index in [9.17, 15) is 9.59 Å². The van der Waals surface area contributed by atoms with Gasteiger partial charge in [-0.15, -0.1) is 0 Å². The van der Waals surface area contributed by atoms with Crippen molar-refractivity contribution in [3.8, 4) is 0 Å². The van der Waals surface area contributed by atoms with Gasteiger partial charge in [0.15, 0.2) is 0 Å². The third-order valence-electron chi connectivity index (χ3n) is 1.78. The smallest absolute Gasteiger partial charge is 0.317 e. The highest BCUT2D eigenvalue weighted by molar-refractivity contribution is 5.82. The first kappa shape index (κ1) is 11.9. The summed E-state index contributed by atoms with van der Waals surface area (Å²) in [6.45, 7) is 3.93. The average Bonchev–Trinajstić information content (AvgIpc) is 2.02. The van der Waals surface area contributed by atoms with Gasteiger partial charge < -0.3 is 10.4 Å². The van der Waals surface area contributed by atoms with Crippen LogP contribution in [0.5, 0.6) is 0 Å². The van der Waals surface area contributed by atoms with Gasteiger partial charge in [0, 0.05) is 6.54 Å². The molecule has 0 heterocycles. The molecule has 2 N–H and O–H groups in total. The minimum Gasteiger partial charge on any atom is -0.480 e. The van der Waals surface area contributed by atoms with Crippen molar-refractivity contribution in [3.05, 3.63) is 0 Å². The fraction of sp³-hybridized carbons (Fsp3) is 0.750. The van der Waals surface area contributed by atoms with E-state index in [4.69, 9.17) is 5.11 Å². The molecule has 0 bridgehead atoms. The topological polar surface area (TPSA) is 69.6 Å². The Morgan fingerprint density at radius 3 is 2.46 bits per heavy atom. The van der Waals surface area contributed by atoms with E-state index in [1.165, 1.54) is 4.90 Å². The SMILES string of the molecule is CCNC(=O)C(C)N(C)CC(=O)O. The van der Waals surface area contributed by atoms with Gasteiger partial charge in [-0.25, -0.2) is 0 Å². The maximum absolute atomic E-state index is 11.2. The van der Waals surface area contributed by atoms with Crippen molar-refractivity contribution in [1.29, 1.82) is 0 Å². The van der Waals surface area contributed by atoms with E-state index in [0.717, 1.165) is 0 Å². The van der Waals surface area contributed by atoms with Crippen molar-refractivity contribution < 1.29 is 14.7 Å². The summed E-state index contributed by atoms with van der Waals surface area (Å²) in [5.74, 6) is -1.08. The summed E-state index contributed by atoms with van der Waals surface area (Å²) in [5, 5.41) is 11.1. The van der Waals surface area contributed by atoms with Crippen LogP contribution in [0.3, 0.4) is 0 Å². The van der Waals surface area contributed by atoms with Crippen molar-refractivity contribution in [2.75, 3.05) is 20.1 Å². The Morgan fingerprint density at radius 1 is 1.54 bits per heavy atom. The molecule has 0 radical (unpaired) electrons. The van der Waals surface area contributed by atoms with Gasteiger partial charge >= 0.3 is 5.97 Å². The normalized spacial score (nSPS) is 12.6. The molecule has 76 valence electrons. The van der Waals surface area contributed by atoms with Gasteiger partial charge in [0.25, 0.3) is 0 Å². The Kier molecular flexibility index (Phi) is 5.06. The number of carboxylic acids is 1. The number of amides is 1. The first-order valence-corrected chi connectivity index (χ1v) is 4.18. The zero-order chi connectivity index (χ0) is 10.4. The monoisotopic (exact) mass is 188 g/mol. The number of carbonyl (C=O) groups excluding carboxylic acids is 1. The predicted octanol–water partition coefficient (Wildman–Crippen LogP) is -0.473. The van der Waals surface area contributed by atoms with E-state index in [0.29, 0.717) is 6.54 Å². The molecule has 13 heavy (non-hydrogen) atoms.